The van der Waals surface area contributed by atoms with Crippen molar-refractivity contribution in [2.75, 3.05) is 39.9 Å². The minimum atomic E-state index is -0.277. The van der Waals surface area contributed by atoms with Gasteiger partial charge in [0.2, 0.25) is 11.8 Å². The smallest absolute Gasteiger partial charge is 0.247 e. The summed E-state index contributed by atoms with van der Waals surface area (Å²) in [5, 5.41) is 8.23. The van der Waals surface area contributed by atoms with Crippen molar-refractivity contribution in [2.24, 2.45) is 0 Å². The van der Waals surface area contributed by atoms with Crippen molar-refractivity contribution >= 4 is 0 Å². The van der Waals surface area contributed by atoms with Gasteiger partial charge in [0.25, 0.3) is 0 Å². The van der Waals surface area contributed by atoms with Crippen LogP contribution >= 0.6 is 0 Å². The van der Waals surface area contributed by atoms with Crippen LogP contribution in [0.3, 0.4) is 0 Å². The fraction of sp³-hybridized carbons (Fsp3) is 0.556. The molecule has 0 radical (unpaired) electrons. The standard InChI is InChI=1S/C18H25FN4O2/c1-3-16-12-22(8-9-23(16)10-11-24-2)13-17-20-21-18(25-17)14-4-6-15(19)7-5-14/h4-7,16H,3,8-13H2,1-2H3. The molecule has 0 bridgehead atoms. The molecule has 1 saturated heterocycles. The zero-order valence-electron chi connectivity index (χ0n) is 14.8. The lowest BCUT2D eigenvalue weighted by Crippen LogP contribution is -2.53. The molecule has 0 amide bonds. The van der Waals surface area contributed by atoms with Crippen molar-refractivity contribution in [3.8, 4) is 11.5 Å². The molecule has 25 heavy (non-hydrogen) atoms. The van der Waals surface area contributed by atoms with E-state index in [2.05, 4.69) is 26.9 Å². The van der Waals surface area contributed by atoms with E-state index in [1.54, 1.807) is 19.2 Å². The summed E-state index contributed by atoms with van der Waals surface area (Å²) >= 11 is 0. The van der Waals surface area contributed by atoms with Crippen LogP contribution in [-0.2, 0) is 11.3 Å². The van der Waals surface area contributed by atoms with Gasteiger partial charge < -0.3 is 9.15 Å². The second-order valence-corrected chi connectivity index (χ2v) is 6.33. The number of piperazine rings is 1. The average molecular weight is 348 g/mol. The van der Waals surface area contributed by atoms with Gasteiger partial charge in [-0.15, -0.1) is 10.2 Å². The lowest BCUT2D eigenvalue weighted by atomic mass is 10.1. The van der Waals surface area contributed by atoms with Crippen molar-refractivity contribution in [3.63, 3.8) is 0 Å². The number of aromatic nitrogens is 2. The molecule has 2 aromatic rings. The Morgan fingerprint density at radius 1 is 1.24 bits per heavy atom. The van der Waals surface area contributed by atoms with Crippen LogP contribution in [0.1, 0.15) is 19.2 Å². The van der Waals surface area contributed by atoms with Crippen LogP contribution in [0.4, 0.5) is 4.39 Å². The molecule has 6 nitrogen and oxygen atoms in total. The summed E-state index contributed by atoms with van der Waals surface area (Å²) < 4.78 is 24.0. The van der Waals surface area contributed by atoms with E-state index in [0.717, 1.165) is 44.8 Å². The number of ether oxygens (including phenoxy) is 1. The highest BCUT2D eigenvalue weighted by atomic mass is 19.1. The third kappa shape index (κ3) is 4.62. The van der Waals surface area contributed by atoms with Crippen molar-refractivity contribution < 1.29 is 13.5 Å². The Hall–Kier alpha value is -1.83. The quantitative estimate of drug-likeness (QED) is 0.766. The lowest BCUT2D eigenvalue weighted by molar-refractivity contribution is 0.0432. The Morgan fingerprint density at radius 2 is 2.04 bits per heavy atom. The van der Waals surface area contributed by atoms with Crippen LogP contribution in [0.5, 0.6) is 0 Å². The van der Waals surface area contributed by atoms with Crippen molar-refractivity contribution in [1.29, 1.82) is 0 Å². The van der Waals surface area contributed by atoms with E-state index < -0.39 is 0 Å². The summed E-state index contributed by atoms with van der Waals surface area (Å²) in [5.74, 6) is 0.751. The van der Waals surface area contributed by atoms with Gasteiger partial charge in [-0.3, -0.25) is 9.80 Å². The molecule has 136 valence electrons. The van der Waals surface area contributed by atoms with Crippen LogP contribution in [0, 0.1) is 5.82 Å². The van der Waals surface area contributed by atoms with E-state index in [1.165, 1.54) is 12.1 Å². The molecule has 3 rings (SSSR count). The van der Waals surface area contributed by atoms with E-state index in [4.69, 9.17) is 9.15 Å². The maximum absolute atomic E-state index is 13.0. The number of hydrogen-bond donors (Lipinski definition) is 0. The predicted molar refractivity (Wildman–Crippen MR) is 92.5 cm³/mol. The van der Waals surface area contributed by atoms with Crippen LogP contribution in [0.2, 0.25) is 0 Å². The number of methoxy groups -OCH3 is 1. The summed E-state index contributed by atoms with van der Waals surface area (Å²) in [5.41, 5.74) is 0.732. The molecule has 2 heterocycles. The highest BCUT2D eigenvalue weighted by Crippen LogP contribution is 2.20. The molecule has 1 aliphatic heterocycles. The third-order valence-corrected chi connectivity index (χ3v) is 4.66. The topological polar surface area (TPSA) is 54.6 Å². The fourth-order valence-electron chi connectivity index (χ4n) is 3.21. The zero-order valence-corrected chi connectivity index (χ0v) is 14.8. The van der Waals surface area contributed by atoms with Crippen LogP contribution in [0.25, 0.3) is 11.5 Å². The molecule has 0 aliphatic carbocycles. The first-order chi connectivity index (χ1) is 12.2. The minimum absolute atomic E-state index is 0.277. The van der Waals surface area contributed by atoms with E-state index in [9.17, 15) is 4.39 Å². The summed E-state index contributed by atoms with van der Waals surface area (Å²) in [4.78, 5) is 4.83. The van der Waals surface area contributed by atoms with Gasteiger partial charge >= 0.3 is 0 Å². The third-order valence-electron chi connectivity index (χ3n) is 4.66. The van der Waals surface area contributed by atoms with Gasteiger partial charge in [-0.2, -0.15) is 0 Å². The zero-order chi connectivity index (χ0) is 17.6. The van der Waals surface area contributed by atoms with Crippen molar-refractivity contribution in [2.45, 2.75) is 25.9 Å². The Balaban J connectivity index is 1.59. The molecule has 1 aromatic carbocycles. The minimum Gasteiger partial charge on any atom is -0.419 e. The number of rotatable bonds is 7. The molecule has 1 unspecified atom stereocenters. The molecule has 0 saturated carbocycles. The molecule has 1 atom stereocenters. The second kappa shape index (κ2) is 8.51. The molecule has 1 aromatic heterocycles. The van der Waals surface area contributed by atoms with E-state index in [-0.39, 0.29) is 5.82 Å². The molecule has 1 aliphatic rings. The Kier molecular flexibility index (Phi) is 6.12. The highest BCUT2D eigenvalue weighted by molar-refractivity contribution is 5.51. The number of benzene rings is 1. The molecular formula is C18H25FN4O2. The van der Waals surface area contributed by atoms with Gasteiger partial charge in [-0.1, -0.05) is 6.92 Å². The fourth-order valence-corrected chi connectivity index (χ4v) is 3.21. The Morgan fingerprint density at radius 3 is 2.76 bits per heavy atom. The van der Waals surface area contributed by atoms with Gasteiger partial charge in [0, 0.05) is 44.9 Å². The van der Waals surface area contributed by atoms with Gasteiger partial charge in [0.05, 0.1) is 13.2 Å². The summed E-state index contributed by atoms with van der Waals surface area (Å²) in [6.07, 6.45) is 1.10. The normalized spacial score (nSPS) is 19.4. The lowest BCUT2D eigenvalue weighted by Gasteiger charge is -2.40. The van der Waals surface area contributed by atoms with Gasteiger partial charge in [0.1, 0.15) is 5.82 Å². The van der Waals surface area contributed by atoms with Crippen LogP contribution < -0.4 is 0 Å². The first kappa shape index (κ1) is 18.0. The van der Waals surface area contributed by atoms with E-state index in [0.29, 0.717) is 24.4 Å². The monoisotopic (exact) mass is 348 g/mol. The molecule has 0 N–H and O–H groups in total. The number of nitrogens with zero attached hydrogens (tertiary/aromatic N) is 4. The SMILES string of the molecule is CCC1CN(Cc2nnc(-c3ccc(F)cc3)o2)CCN1CCOC. The Bertz CT molecular complexity index is 661. The maximum Gasteiger partial charge on any atom is 0.247 e. The number of hydrogen-bond acceptors (Lipinski definition) is 6. The van der Waals surface area contributed by atoms with Crippen LogP contribution in [0.15, 0.2) is 28.7 Å². The van der Waals surface area contributed by atoms with E-state index in [1.807, 2.05) is 0 Å². The first-order valence-corrected chi connectivity index (χ1v) is 8.73. The number of halogens is 1. The van der Waals surface area contributed by atoms with Crippen LogP contribution in [-0.4, -0.2) is 65.9 Å². The maximum atomic E-state index is 13.0. The Labute approximate surface area is 147 Å². The average Bonchev–Trinajstić information content (AvgIpc) is 3.09. The van der Waals surface area contributed by atoms with Gasteiger partial charge in [-0.25, -0.2) is 4.39 Å². The highest BCUT2D eigenvalue weighted by Gasteiger charge is 2.26. The second-order valence-electron chi connectivity index (χ2n) is 6.33. The molecule has 0 spiro atoms. The van der Waals surface area contributed by atoms with Crippen molar-refractivity contribution in [1.82, 2.24) is 20.0 Å². The first-order valence-electron chi connectivity index (χ1n) is 8.73. The van der Waals surface area contributed by atoms with Gasteiger partial charge in [-0.05, 0) is 30.7 Å². The molecule has 1 fully saturated rings. The molecule has 7 heteroatoms. The summed E-state index contributed by atoms with van der Waals surface area (Å²) in [6, 6.07) is 6.60. The predicted octanol–water partition coefficient (Wildman–Crippen LogP) is 2.42. The van der Waals surface area contributed by atoms with Crippen molar-refractivity contribution in [3.05, 3.63) is 36.0 Å². The van der Waals surface area contributed by atoms with Gasteiger partial charge in [0.15, 0.2) is 0 Å². The summed E-state index contributed by atoms with van der Waals surface area (Å²) in [6.45, 7) is 7.55. The largest absolute Gasteiger partial charge is 0.419 e. The summed E-state index contributed by atoms with van der Waals surface area (Å²) in [7, 11) is 1.74. The van der Waals surface area contributed by atoms with E-state index >= 15 is 0 Å². The molecular weight excluding hydrogens is 323 g/mol.